The van der Waals surface area contributed by atoms with Crippen molar-refractivity contribution in [2.75, 3.05) is 13.2 Å². The summed E-state index contributed by atoms with van der Waals surface area (Å²) in [6.07, 6.45) is 0.0508. The Kier molecular flexibility index (Phi) is 4.58. The zero-order valence-corrected chi connectivity index (χ0v) is 15.0. The fraction of sp³-hybridized carbons (Fsp3) is 0.526. The maximum Gasteiger partial charge on any atom is 0.228 e. The molecule has 3 rings (SSSR count). The highest BCUT2D eigenvalue weighted by molar-refractivity contribution is 5.92. The molecular formula is C19H25FN2O4. The molecule has 1 saturated carbocycles. The van der Waals surface area contributed by atoms with Gasteiger partial charge in [0, 0.05) is 22.1 Å². The van der Waals surface area contributed by atoms with Gasteiger partial charge in [0.2, 0.25) is 5.91 Å². The average Bonchev–Trinajstić information content (AvgIpc) is 3.33. The molecule has 1 heterocycles. The summed E-state index contributed by atoms with van der Waals surface area (Å²) < 4.78 is 16.5. The van der Waals surface area contributed by atoms with Crippen molar-refractivity contribution in [2.45, 2.75) is 50.2 Å². The second kappa shape index (κ2) is 6.33. The molecule has 6 nitrogen and oxygen atoms in total. The molecule has 0 saturated heterocycles. The minimum atomic E-state index is -1.01. The van der Waals surface area contributed by atoms with E-state index in [-0.39, 0.29) is 13.2 Å². The van der Waals surface area contributed by atoms with Crippen LogP contribution in [0.3, 0.4) is 0 Å². The van der Waals surface area contributed by atoms with Crippen molar-refractivity contribution in [1.82, 2.24) is 4.57 Å². The lowest BCUT2D eigenvalue weighted by Crippen LogP contribution is -2.29. The van der Waals surface area contributed by atoms with Crippen molar-refractivity contribution in [2.24, 2.45) is 5.73 Å². The molecule has 0 spiro atoms. The summed E-state index contributed by atoms with van der Waals surface area (Å²) in [5.74, 6) is -1.04. The van der Waals surface area contributed by atoms with Gasteiger partial charge in [0.05, 0.1) is 36.8 Å². The Bertz CT molecular complexity index is 855. The molecule has 0 aliphatic heterocycles. The van der Waals surface area contributed by atoms with Gasteiger partial charge in [0.1, 0.15) is 5.82 Å². The van der Waals surface area contributed by atoms with Crippen molar-refractivity contribution in [3.8, 4) is 0 Å². The average molecular weight is 364 g/mol. The number of aliphatic hydroxyl groups excluding tert-OH is 3. The smallest absolute Gasteiger partial charge is 0.228 e. The van der Waals surface area contributed by atoms with Gasteiger partial charge in [-0.2, -0.15) is 0 Å². The molecule has 7 heteroatoms. The Labute approximate surface area is 151 Å². The van der Waals surface area contributed by atoms with E-state index in [0.29, 0.717) is 35.0 Å². The van der Waals surface area contributed by atoms with Crippen molar-refractivity contribution in [1.29, 1.82) is 0 Å². The fourth-order valence-electron chi connectivity index (χ4n) is 3.53. The Morgan fingerprint density at radius 3 is 2.50 bits per heavy atom. The number of amides is 1. The van der Waals surface area contributed by atoms with E-state index in [2.05, 4.69) is 0 Å². The predicted octanol–water partition coefficient (Wildman–Crippen LogP) is 0.920. The van der Waals surface area contributed by atoms with E-state index < -0.39 is 35.3 Å². The van der Waals surface area contributed by atoms with E-state index in [9.17, 15) is 24.5 Å². The van der Waals surface area contributed by atoms with Gasteiger partial charge in [-0.25, -0.2) is 4.39 Å². The number of primary amides is 1. The first-order valence-electron chi connectivity index (χ1n) is 8.70. The van der Waals surface area contributed by atoms with E-state index >= 15 is 0 Å². The molecule has 2 aromatic rings. The third-order valence-corrected chi connectivity index (χ3v) is 5.42. The molecule has 142 valence electrons. The second-order valence-corrected chi connectivity index (χ2v) is 7.86. The summed E-state index contributed by atoms with van der Waals surface area (Å²) in [5.41, 5.74) is 5.46. The zero-order valence-electron chi connectivity index (χ0n) is 15.0. The Hall–Kier alpha value is -1.96. The van der Waals surface area contributed by atoms with E-state index in [1.165, 1.54) is 6.07 Å². The minimum absolute atomic E-state index is 0.0680. The first kappa shape index (κ1) is 18.8. The molecule has 0 radical (unpaired) electrons. The predicted molar refractivity (Wildman–Crippen MR) is 95.2 cm³/mol. The van der Waals surface area contributed by atoms with Gasteiger partial charge < -0.3 is 25.6 Å². The van der Waals surface area contributed by atoms with Crippen LogP contribution in [0, 0.1) is 5.82 Å². The van der Waals surface area contributed by atoms with Crippen molar-refractivity contribution >= 4 is 16.8 Å². The highest BCUT2D eigenvalue weighted by Crippen LogP contribution is 2.49. The van der Waals surface area contributed by atoms with Crippen LogP contribution >= 0.6 is 0 Å². The maximum atomic E-state index is 14.8. The number of nitrogens with two attached hydrogens (primary N) is 1. The number of benzene rings is 1. The largest absolute Gasteiger partial charge is 0.395 e. The van der Waals surface area contributed by atoms with Crippen LogP contribution < -0.4 is 5.73 Å². The van der Waals surface area contributed by atoms with Gasteiger partial charge in [0.15, 0.2) is 0 Å². The number of carbonyl (C=O) groups is 1. The number of fused-ring (bicyclic) bond motifs is 1. The third-order valence-electron chi connectivity index (χ3n) is 5.42. The quantitative estimate of drug-likeness (QED) is 0.586. The van der Waals surface area contributed by atoms with Crippen molar-refractivity contribution in [3.63, 3.8) is 0 Å². The number of aliphatic hydroxyl groups is 3. The van der Waals surface area contributed by atoms with Gasteiger partial charge in [-0.05, 0) is 31.0 Å². The van der Waals surface area contributed by atoms with Crippen molar-refractivity contribution < 1.29 is 24.5 Å². The number of hydrogen-bond donors (Lipinski definition) is 4. The van der Waals surface area contributed by atoms with E-state index in [1.807, 2.05) is 19.9 Å². The Balaban J connectivity index is 2.21. The molecule has 1 aromatic heterocycles. The summed E-state index contributed by atoms with van der Waals surface area (Å²) in [4.78, 5) is 11.8. The van der Waals surface area contributed by atoms with Crippen LogP contribution in [0.1, 0.15) is 37.9 Å². The standard InChI is InChI=1S/C19H25FN2O4/c1-18(2,10-24)16-6-11-5-13(19(3-4-19)17(21)26)14(20)7-15(11)22(16)8-12(25)9-23/h5-7,12,23-25H,3-4,8-10H2,1-2H3,(H2,21,26). The Morgan fingerprint density at radius 1 is 1.35 bits per heavy atom. The van der Waals surface area contributed by atoms with E-state index in [1.54, 1.807) is 10.6 Å². The monoisotopic (exact) mass is 364 g/mol. The van der Waals surface area contributed by atoms with Crippen molar-refractivity contribution in [3.05, 3.63) is 35.3 Å². The lowest BCUT2D eigenvalue weighted by Gasteiger charge is -2.25. The topological polar surface area (TPSA) is 109 Å². The van der Waals surface area contributed by atoms with Gasteiger partial charge in [0.25, 0.3) is 0 Å². The van der Waals surface area contributed by atoms with Gasteiger partial charge in [-0.15, -0.1) is 0 Å². The first-order valence-corrected chi connectivity index (χ1v) is 8.70. The summed E-state index contributed by atoms with van der Waals surface area (Å²) in [6, 6.07) is 4.81. The molecule has 1 fully saturated rings. The summed E-state index contributed by atoms with van der Waals surface area (Å²) >= 11 is 0. The fourth-order valence-corrected chi connectivity index (χ4v) is 3.53. The molecule has 1 unspecified atom stereocenters. The number of halogens is 1. The molecule has 1 aromatic carbocycles. The Morgan fingerprint density at radius 2 is 2.00 bits per heavy atom. The molecule has 1 amide bonds. The van der Waals surface area contributed by atoms with Gasteiger partial charge in [-0.1, -0.05) is 13.8 Å². The molecule has 0 bridgehead atoms. The molecular weight excluding hydrogens is 339 g/mol. The van der Waals surface area contributed by atoms with Crippen LogP contribution in [-0.4, -0.2) is 45.1 Å². The highest BCUT2D eigenvalue weighted by Gasteiger charge is 2.51. The lowest BCUT2D eigenvalue weighted by atomic mass is 9.90. The van der Waals surface area contributed by atoms with Gasteiger partial charge in [-0.3, -0.25) is 4.79 Å². The molecule has 1 aliphatic rings. The summed E-state index contributed by atoms with van der Waals surface area (Å²) in [6.45, 7) is 3.18. The first-order chi connectivity index (χ1) is 12.2. The summed E-state index contributed by atoms with van der Waals surface area (Å²) in [7, 11) is 0. The van der Waals surface area contributed by atoms with Crippen LogP contribution in [0.4, 0.5) is 4.39 Å². The van der Waals surface area contributed by atoms with Crippen LogP contribution in [0.25, 0.3) is 10.9 Å². The van der Waals surface area contributed by atoms with Crippen LogP contribution in [0.2, 0.25) is 0 Å². The number of aromatic nitrogens is 1. The third kappa shape index (κ3) is 2.90. The molecule has 1 atom stereocenters. The normalized spacial score (nSPS) is 17.5. The molecule has 5 N–H and O–H groups in total. The van der Waals surface area contributed by atoms with Crippen LogP contribution in [0.15, 0.2) is 18.2 Å². The number of carbonyl (C=O) groups excluding carboxylic acids is 1. The van der Waals surface area contributed by atoms with Gasteiger partial charge >= 0.3 is 0 Å². The number of hydrogen-bond acceptors (Lipinski definition) is 4. The molecule has 26 heavy (non-hydrogen) atoms. The van der Waals surface area contributed by atoms with Crippen LogP contribution in [-0.2, 0) is 22.2 Å². The maximum absolute atomic E-state index is 14.8. The SMILES string of the molecule is CC(C)(CO)c1cc2cc(C3(C(N)=O)CC3)c(F)cc2n1CC(O)CO. The molecule has 1 aliphatic carbocycles. The zero-order chi connectivity index (χ0) is 19.3. The van der Waals surface area contributed by atoms with E-state index in [0.717, 1.165) is 0 Å². The van der Waals surface area contributed by atoms with E-state index in [4.69, 9.17) is 5.73 Å². The highest BCUT2D eigenvalue weighted by atomic mass is 19.1. The lowest BCUT2D eigenvalue weighted by molar-refractivity contribution is -0.120. The number of rotatable bonds is 7. The van der Waals surface area contributed by atoms with Crippen LogP contribution in [0.5, 0.6) is 0 Å². The summed E-state index contributed by atoms with van der Waals surface area (Å²) in [5, 5.41) is 29.5. The minimum Gasteiger partial charge on any atom is -0.395 e. The number of nitrogens with zero attached hydrogens (tertiary/aromatic N) is 1. The second-order valence-electron chi connectivity index (χ2n) is 7.86.